The predicted octanol–water partition coefficient (Wildman–Crippen LogP) is 3.32. The summed E-state index contributed by atoms with van der Waals surface area (Å²) >= 11 is 5.28. The highest BCUT2D eigenvalue weighted by Crippen LogP contribution is 2.22. The van der Waals surface area contributed by atoms with Gasteiger partial charge < -0.3 is 5.73 Å². The number of hydrogen-bond acceptors (Lipinski definition) is 3. The lowest BCUT2D eigenvalue weighted by molar-refractivity contribution is 0.212. The highest BCUT2D eigenvalue weighted by Gasteiger charge is 2.15. The second-order valence-corrected chi connectivity index (χ2v) is 6.58. The van der Waals surface area contributed by atoms with Crippen molar-refractivity contribution in [2.75, 3.05) is 13.6 Å². The third-order valence-electron chi connectivity index (χ3n) is 2.67. The molecule has 0 fully saturated rings. The first-order valence-corrected chi connectivity index (χ1v) is 7.33. The Hall–Kier alpha value is 0.1000. The van der Waals surface area contributed by atoms with Crippen LogP contribution in [-0.4, -0.2) is 24.5 Å². The van der Waals surface area contributed by atoms with Gasteiger partial charge in [0.05, 0.1) is 0 Å². The molecule has 1 heterocycles. The van der Waals surface area contributed by atoms with E-state index in [-0.39, 0.29) is 0 Å². The highest BCUT2D eigenvalue weighted by molar-refractivity contribution is 9.10. The maximum Gasteiger partial charge on any atom is 0.0328 e. The third-order valence-corrected chi connectivity index (χ3v) is 4.35. The summed E-state index contributed by atoms with van der Waals surface area (Å²) in [5, 5.41) is 2.13. The zero-order valence-electron chi connectivity index (χ0n) is 10.2. The summed E-state index contributed by atoms with van der Waals surface area (Å²) < 4.78 is 1.18. The minimum absolute atomic E-state index is 0.487. The summed E-state index contributed by atoms with van der Waals surface area (Å²) in [7, 11) is 2.16. The van der Waals surface area contributed by atoms with Gasteiger partial charge in [-0.1, -0.05) is 13.8 Å². The van der Waals surface area contributed by atoms with Crippen LogP contribution in [0.3, 0.4) is 0 Å². The first-order valence-electron chi connectivity index (χ1n) is 5.66. The van der Waals surface area contributed by atoms with Crippen LogP contribution in [0.1, 0.15) is 25.1 Å². The van der Waals surface area contributed by atoms with Gasteiger partial charge in [0.25, 0.3) is 0 Å². The topological polar surface area (TPSA) is 29.3 Å². The average Bonchev–Trinajstić information content (AvgIpc) is 2.60. The molecule has 1 atom stereocenters. The van der Waals surface area contributed by atoms with Crippen molar-refractivity contribution in [3.05, 3.63) is 20.8 Å². The fraction of sp³-hybridized carbons (Fsp3) is 0.667. The van der Waals surface area contributed by atoms with E-state index in [1.165, 1.54) is 15.8 Å². The summed E-state index contributed by atoms with van der Waals surface area (Å²) in [6.45, 7) is 6.22. The van der Waals surface area contributed by atoms with Crippen molar-refractivity contribution < 1.29 is 0 Å². The van der Waals surface area contributed by atoms with Crippen LogP contribution in [0.5, 0.6) is 0 Å². The molecule has 0 aliphatic rings. The molecular weight excluding hydrogens is 284 g/mol. The van der Waals surface area contributed by atoms with Crippen LogP contribution in [0, 0.1) is 5.92 Å². The van der Waals surface area contributed by atoms with E-state index in [9.17, 15) is 0 Å². The van der Waals surface area contributed by atoms with Crippen LogP contribution in [0.15, 0.2) is 15.9 Å². The van der Waals surface area contributed by atoms with Gasteiger partial charge in [-0.2, -0.15) is 0 Å². The Morgan fingerprint density at radius 3 is 2.62 bits per heavy atom. The molecule has 0 radical (unpaired) electrons. The lowest BCUT2D eigenvalue weighted by atomic mass is 10.0. The summed E-state index contributed by atoms with van der Waals surface area (Å²) in [5.74, 6) is 0.700. The third kappa shape index (κ3) is 4.53. The van der Waals surface area contributed by atoms with Gasteiger partial charge in [-0.3, -0.25) is 4.90 Å². The highest BCUT2D eigenvalue weighted by atomic mass is 79.9. The molecule has 0 aliphatic carbocycles. The summed E-state index contributed by atoms with van der Waals surface area (Å²) in [6.07, 6.45) is 1.17. The molecule has 92 valence electrons. The molecule has 1 aromatic heterocycles. The van der Waals surface area contributed by atoms with Gasteiger partial charge in [-0.05, 0) is 41.4 Å². The molecule has 2 nitrogen and oxygen atoms in total. The Kier molecular flexibility index (Phi) is 5.97. The zero-order valence-corrected chi connectivity index (χ0v) is 12.6. The van der Waals surface area contributed by atoms with Gasteiger partial charge in [0.2, 0.25) is 0 Å². The molecule has 0 bridgehead atoms. The quantitative estimate of drug-likeness (QED) is 0.873. The van der Waals surface area contributed by atoms with Crippen molar-refractivity contribution in [3.8, 4) is 0 Å². The monoisotopic (exact) mass is 304 g/mol. The number of hydrogen-bond donors (Lipinski definition) is 1. The Balaban J connectivity index is 2.52. The van der Waals surface area contributed by atoms with Crippen molar-refractivity contribution in [2.24, 2.45) is 11.7 Å². The number of nitrogens with two attached hydrogens (primary N) is 1. The van der Waals surface area contributed by atoms with Crippen LogP contribution >= 0.6 is 27.3 Å². The summed E-state index contributed by atoms with van der Waals surface area (Å²) in [6, 6.07) is 2.67. The summed E-state index contributed by atoms with van der Waals surface area (Å²) in [5.41, 5.74) is 5.83. The van der Waals surface area contributed by atoms with E-state index in [0.29, 0.717) is 12.0 Å². The fourth-order valence-electron chi connectivity index (χ4n) is 1.81. The van der Waals surface area contributed by atoms with Crippen molar-refractivity contribution in [1.29, 1.82) is 0 Å². The van der Waals surface area contributed by atoms with Crippen molar-refractivity contribution in [3.63, 3.8) is 0 Å². The fourth-order valence-corrected chi connectivity index (χ4v) is 3.33. The standard InChI is InChI=1S/C12H21BrN2S/c1-9(2)4-11(6-14)15(3)7-12-5-10(13)8-16-12/h5,8-9,11H,4,6-7,14H2,1-3H3. The minimum Gasteiger partial charge on any atom is -0.329 e. The summed E-state index contributed by atoms with van der Waals surface area (Å²) in [4.78, 5) is 3.75. The Morgan fingerprint density at radius 1 is 1.50 bits per heavy atom. The second kappa shape index (κ2) is 6.74. The number of thiophene rings is 1. The number of halogens is 1. The van der Waals surface area contributed by atoms with E-state index in [2.05, 4.69) is 53.2 Å². The van der Waals surface area contributed by atoms with E-state index < -0.39 is 0 Å². The van der Waals surface area contributed by atoms with Crippen molar-refractivity contribution in [2.45, 2.75) is 32.9 Å². The largest absolute Gasteiger partial charge is 0.329 e. The van der Waals surface area contributed by atoms with Gasteiger partial charge >= 0.3 is 0 Å². The van der Waals surface area contributed by atoms with Crippen LogP contribution < -0.4 is 5.73 Å². The minimum atomic E-state index is 0.487. The number of nitrogens with zero attached hydrogens (tertiary/aromatic N) is 1. The molecular formula is C12H21BrN2S. The molecule has 16 heavy (non-hydrogen) atoms. The van der Waals surface area contributed by atoms with Crippen LogP contribution in [0.25, 0.3) is 0 Å². The Labute approximate surface area is 111 Å². The predicted molar refractivity (Wildman–Crippen MR) is 75.8 cm³/mol. The molecule has 1 unspecified atom stereocenters. The van der Waals surface area contributed by atoms with Crippen LogP contribution in [0.2, 0.25) is 0 Å². The van der Waals surface area contributed by atoms with E-state index in [4.69, 9.17) is 5.73 Å². The lowest BCUT2D eigenvalue weighted by Crippen LogP contribution is -2.38. The SMILES string of the molecule is CC(C)CC(CN)N(C)Cc1cc(Br)cs1. The van der Waals surface area contributed by atoms with Crippen molar-refractivity contribution in [1.82, 2.24) is 4.90 Å². The molecule has 0 amide bonds. The first kappa shape index (κ1) is 14.2. The van der Waals surface area contributed by atoms with Crippen molar-refractivity contribution >= 4 is 27.3 Å². The normalized spacial score (nSPS) is 13.7. The van der Waals surface area contributed by atoms with Gasteiger partial charge in [0.1, 0.15) is 0 Å². The Morgan fingerprint density at radius 2 is 2.19 bits per heavy atom. The van der Waals surface area contributed by atoms with E-state index in [1.807, 2.05) is 0 Å². The molecule has 0 saturated heterocycles. The molecule has 1 rings (SSSR count). The number of likely N-dealkylation sites (N-methyl/N-ethyl adjacent to an activating group) is 1. The molecule has 0 saturated carbocycles. The van der Waals surface area contributed by atoms with E-state index >= 15 is 0 Å². The molecule has 0 aliphatic heterocycles. The smallest absolute Gasteiger partial charge is 0.0328 e. The molecule has 1 aromatic rings. The van der Waals surface area contributed by atoms with E-state index in [0.717, 1.165) is 13.1 Å². The van der Waals surface area contributed by atoms with Gasteiger partial charge in [0, 0.05) is 33.9 Å². The first-order chi connectivity index (χ1) is 7.52. The maximum absolute atomic E-state index is 5.83. The second-order valence-electron chi connectivity index (χ2n) is 4.67. The van der Waals surface area contributed by atoms with Gasteiger partial charge in [-0.25, -0.2) is 0 Å². The zero-order chi connectivity index (χ0) is 12.1. The number of rotatable bonds is 6. The molecule has 0 spiro atoms. The van der Waals surface area contributed by atoms with Crippen LogP contribution in [0.4, 0.5) is 0 Å². The Bertz CT molecular complexity index is 312. The van der Waals surface area contributed by atoms with E-state index in [1.54, 1.807) is 11.3 Å². The average molecular weight is 305 g/mol. The maximum atomic E-state index is 5.83. The van der Waals surface area contributed by atoms with Gasteiger partial charge in [0.15, 0.2) is 0 Å². The lowest BCUT2D eigenvalue weighted by Gasteiger charge is -2.27. The van der Waals surface area contributed by atoms with Gasteiger partial charge in [-0.15, -0.1) is 11.3 Å². The molecule has 0 aromatic carbocycles. The molecule has 4 heteroatoms. The molecule has 2 N–H and O–H groups in total. The van der Waals surface area contributed by atoms with Crippen LogP contribution in [-0.2, 0) is 6.54 Å².